The maximum Gasteiger partial charge on any atom is 0.224 e. The van der Waals surface area contributed by atoms with E-state index in [9.17, 15) is 9.59 Å². The van der Waals surface area contributed by atoms with Gasteiger partial charge in [0.15, 0.2) is 0 Å². The number of hydrogen-bond acceptors (Lipinski definition) is 2. The smallest absolute Gasteiger partial charge is 0.224 e. The minimum absolute atomic E-state index is 0.00637. The molecule has 0 saturated heterocycles. The van der Waals surface area contributed by atoms with Crippen LogP contribution in [0.15, 0.2) is 30.3 Å². The van der Waals surface area contributed by atoms with Gasteiger partial charge in [0, 0.05) is 19.0 Å². The highest BCUT2D eigenvalue weighted by atomic mass is 16.2. The molecule has 2 amide bonds. The van der Waals surface area contributed by atoms with Crippen molar-refractivity contribution in [2.24, 2.45) is 5.92 Å². The Morgan fingerprint density at radius 1 is 0.952 bits per heavy atom. The highest BCUT2D eigenvalue weighted by molar-refractivity contribution is 5.79. The molecule has 2 N–H and O–H groups in total. The minimum Gasteiger partial charge on any atom is -0.354 e. The molecule has 114 valence electrons. The summed E-state index contributed by atoms with van der Waals surface area (Å²) in [4.78, 5) is 23.6. The summed E-state index contributed by atoms with van der Waals surface area (Å²) in [6, 6.07) is 9.65. The molecule has 0 bridgehead atoms. The summed E-state index contributed by atoms with van der Waals surface area (Å²) in [5, 5.41) is 5.75. The normalized spacial score (nSPS) is 15.4. The molecular weight excluding hydrogens is 264 g/mol. The third-order valence-electron chi connectivity index (χ3n) is 3.93. The van der Waals surface area contributed by atoms with Crippen molar-refractivity contribution in [3.8, 4) is 0 Å². The Kier molecular flexibility index (Phi) is 6.25. The van der Waals surface area contributed by atoms with Gasteiger partial charge in [0.1, 0.15) is 0 Å². The monoisotopic (exact) mass is 288 g/mol. The number of carbonyl (C=O) groups is 2. The van der Waals surface area contributed by atoms with Gasteiger partial charge in [-0.2, -0.15) is 0 Å². The molecule has 21 heavy (non-hydrogen) atoms. The molecule has 0 aliphatic heterocycles. The highest BCUT2D eigenvalue weighted by Gasteiger charge is 2.20. The van der Waals surface area contributed by atoms with E-state index >= 15 is 0 Å². The second-order valence-corrected chi connectivity index (χ2v) is 5.64. The Morgan fingerprint density at radius 2 is 1.62 bits per heavy atom. The third-order valence-corrected chi connectivity index (χ3v) is 3.93. The van der Waals surface area contributed by atoms with Crippen molar-refractivity contribution in [1.29, 1.82) is 0 Å². The van der Waals surface area contributed by atoms with Gasteiger partial charge in [-0.1, -0.05) is 49.6 Å². The molecule has 1 aromatic rings. The molecule has 0 radical (unpaired) electrons. The number of carbonyl (C=O) groups excluding carboxylic acids is 2. The van der Waals surface area contributed by atoms with Crippen LogP contribution >= 0.6 is 0 Å². The molecule has 1 aromatic carbocycles. The largest absolute Gasteiger partial charge is 0.354 e. The van der Waals surface area contributed by atoms with Gasteiger partial charge >= 0.3 is 0 Å². The van der Waals surface area contributed by atoms with E-state index < -0.39 is 0 Å². The van der Waals surface area contributed by atoms with Crippen LogP contribution in [0.2, 0.25) is 0 Å². The second kappa shape index (κ2) is 8.45. The first-order valence-electron chi connectivity index (χ1n) is 7.84. The molecule has 1 aliphatic rings. The van der Waals surface area contributed by atoms with E-state index in [4.69, 9.17) is 0 Å². The minimum atomic E-state index is -0.00637. The number of amides is 2. The molecule has 4 heteroatoms. The van der Waals surface area contributed by atoms with Gasteiger partial charge < -0.3 is 10.6 Å². The van der Waals surface area contributed by atoms with Gasteiger partial charge in [-0.05, 0) is 18.4 Å². The molecule has 0 heterocycles. The summed E-state index contributed by atoms with van der Waals surface area (Å²) in [5.41, 5.74) is 1.00. The number of benzene rings is 1. The maximum atomic E-state index is 11.9. The average Bonchev–Trinajstić information content (AvgIpc) is 2.53. The first-order valence-corrected chi connectivity index (χ1v) is 7.84. The average molecular weight is 288 g/mol. The van der Waals surface area contributed by atoms with Crippen LogP contribution in [0.5, 0.6) is 0 Å². The predicted molar refractivity (Wildman–Crippen MR) is 82.7 cm³/mol. The standard InChI is InChI=1S/C17H24N2O2/c20-16(13-14-7-3-1-4-8-14)18-11-12-19-17(21)15-9-5-2-6-10-15/h1,3-4,7-8,15H,2,5-6,9-13H2,(H,18,20)(H,19,21). The van der Waals surface area contributed by atoms with Crippen LogP contribution in [0.25, 0.3) is 0 Å². The van der Waals surface area contributed by atoms with Crippen molar-refractivity contribution >= 4 is 11.8 Å². The molecule has 1 fully saturated rings. The van der Waals surface area contributed by atoms with Gasteiger partial charge in [-0.15, -0.1) is 0 Å². The molecule has 0 unspecified atom stereocenters. The van der Waals surface area contributed by atoms with E-state index in [0.29, 0.717) is 19.5 Å². The lowest BCUT2D eigenvalue weighted by molar-refractivity contribution is -0.126. The Morgan fingerprint density at radius 3 is 2.33 bits per heavy atom. The maximum absolute atomic E-state index is 11.9. The van der Waals surface area contributed by atoms with Gasteiger partial charge in [-0.25, -0.2) is 0 Å². The first kappa shape index (κ1) is 15.5. The molecule has 1 aliphatic carbocycles. The number of nitrogens with one attached hydrogen (secondary N) is 2. The zero-order valence-corrected chi connectivity index (χ0v) is 12.4. The predicted octanol–water partition coefficient (Wildman–Crippen LogP) is 2.04. The fourth-order valence-corrected chi connectivity index (χ4v) is 2.74. The van der Waals surface area contributed by atoms with Crippen molar-refractivity contribution in [3.63, 3.8) is 0 Å². The molecule has 4 nitrogen and oxygen atoms in total. The highest BCUT2D eigenvalue weighted by Crippen LogP contribution is 2.23. The number of hydrogen-bond donors (Lipinski definition) is 2. The second-order valence-electron chi connectivity index (χ2n) is 5.64. The molecule has 2 rings (SSSR count). The van der Waals surface area contributed by atoms with Crippen LogP contribution in [-0.2, 0) is 16.0 Å². The van der Waals surface area contributed by atoms with Gasteiger partial charge in [-0.3, -0.25) is 9.59 Å². The zero-order valence-electron chi connectivity index (χ0n) is 12.4. The van der Waals surface area contributed by atoms with Crippen molar-refractivity contribution in [2.45, 2.75) is 38.5 Å². The quantitative estimate of drug-likeness (QED) is 0.787. The van der Waals surface area contributed by atoms with Crippen LogP contribution in [0.1, 0.15) is 37.7 Å². The van der Waals surface area contributed by atoms with Gasteiger partial charge in [0.2, 0.25) is 11.8 Å². The van der Waals surface area contributed by atoms with E-state index in [1.165, 1.54) is 6.42 Å². The Labute approximate surface area is 126 Å². The number of rotatable bonds is 6. The molecular formula is C17H24N2O2. The van der Waals surface area contributed by atoms with Crippen molar-refractivity contribution in [1.82, 2.24) is 10.6 Å². The van der Waals surface area contributed by atoms with E-state index in [0.717, 1.165) is 31.2 Å². The summed E-state index contributed by atoms with van der Waals surface area (Å²) >= 11 is 0. The lowest BCUT2D eigenvalue weighted by atomic mass is 9.89. The summed E-state index contributed by atoms with van der Waals surface area (Å²) in [5.74, 6) is 0.318. The Hall–Kier alpha value is -1.84. The first-order chi connectivity index (χ1) is 10.3. The zero-order chi connectivity index (χ0) is 14.9. The van der Waals surface area contributed by atoms with E-state index in [-0.39, 0.29) is 17.7 Å². The summed E-state index contributed by atoms with van der Waals surface area (Å²) in [6.07, 6.45) is 5.97. The van der Waals surface area contributed by atoms with Gasteiger partial charge in [0.25, 0.3) is 0 Å². The van der Waals surface area contributed by atoms with E-state index in [2.05, 4.69) is 10.6 Å². The van der Waals surface area contributed by atoms with Crippen LogP contribution in [-0.4, -0.2) is 24.9 Å². The van der Waals surface area contributed by atoms with Crippen LogP contribution in [0.4, 0.5) is 0 Å². The molecule has 0 spiro atoms. The lowest BCUT2D eigenvalue weighted by Crippen LogP contribution is -2.38. The fraction of sp³-hybridized carbons (Fsp3) is 0.529. The van der Waals surface area contributed by atoms with Gasteiger partial charge in [0.05, 0.1) is 6.42 Å². The van der Waals surface area contributed by atoms with E-state index in [1.807, 2.05) is 30.3 Å². The Bertz CT molecular complexity index is 453. The summed E-state index contributed by atoms with van der Waals surface area (Å²) < 4.78 is 0. The summed E-state index contributed by atoms with van der Waals surface area (Å²) in [7, 11) is 0. The van der Waals surface area contributed by atoms with Crippen molar-refractivity contribution in [3.05, 3.63) is 35.9 Å². The Balaban J connectivity index is 1.58. The topological polar surface area (TPSA) is 58.2 Å². The SMILES string of the molecule is O=C(Cc1ccccc1)NCCNC(=O)C1CCCCC1. The van der Waals surface area contributed by atoms with Crippen molar-refractivity contribution in [2.75, 3.05) is 13.1 Å². The molecule has 0 aromatic heterocycles. The fourth-order valence-electron chi connectivity index (χ4n) is 2.74. The van der Waals surface area contributed by atoms with Crippen LogP contribution in [0.3, 0.4) is 0 Å². The van der Waals surface area contributed by atoms with Crippen molar-refractivity contribution < 1.29 is 9.59 Å². The van der Waals surface area contributed by atoms with Crippen LogP contribution < -0.4 is 10.6 Å². The summed E-state index contributed by atoms with van der Waals surface area (Å²) in [6.45, 7) is 1.000. The molecule has 1 saturated carbocycles. The lowest BCUT2D eigenvalue weighted by Gasteiger charge is -2.20. The molecule has 0 atom stereocenters. The van der Waals surface area contributed by atoms with E-state index in [1.54, 1.807) is 0 Å². The van der Waals surface area contributed by atoms with Crippen LogP contribution in [0, 0.1) is 5.92 Å². The third kappa shape index (κ3) is 5.58.